The second kappa shape index (κ2) is 9.69. The summed E-state index contributed by atoms with van der Waals surface area (Å²) < 4.78 is 1.37. The minimum Gasteiger partial charge on any atom is -0.326 e. The van der Waals surface area contributed by atoms with Crippen molar-refractivity contribution in [3.63, 3.8) is 0 Å². The molecule has 0 bridgehead atoms. The van der Waals surface area contributed by atoms with Crippen LogP contribution in [-0.4, -0.2) is 27.6 Å². The molecule has 1 heterocycles. The summed E-state index contributed by atoms with van der Waals surface area (Å²) in [5, 5.41) is 2.83. The van der Waals surface area contributed by atoms with Gasteiger partial charge in [-0.2, -0.15) is 0 Å². The standard InChI is InChI=1S/C22H21BrN2O2S2/c1-14(2)16-8-6-15(7-9-16)12-19-21(27)25(22(28)29-19)11-10-20(26)24-18-5-3-4-17(23)13-18/h3-9,12-14H,10-11H2,1-2H3,(H,24,26). The summed E-state index contributed by atoms with van der Waals surface area (Å²) in [6.07, 6.45) is 2.03. The van der Waals surface area contributed by atoms with E-state index in [1.54, 1.807) is 0 Å². The maximum Gasteiger partial charge on any atom is 0.266 e. The van der Waals surface area contributed by atoms with E-state index in [1.807, 2.05) is 42.5 Å². The third kappa shape index (κ3) is 5.78. The van der Waals surface area contributed by atoms with E-state index in [-0.39, 0.29) is 24.8 Å². The van der Waals surface area contributed by atoms with E-state index in [0.29, 0.717) is 20.8 Å². The molecule has 0 radical (unpaired) electrons. The number of hydrogen-bond donors (Lipinski definition) is 1. The monoisotopic (exact) mass is 488 g/mol. The number of hydrogen-bond acceptors (Lipinski definition) is 4. The van der Waals surface area contributed by atoms with Gasteiger partial charge in [-0.15, -0.1) is 0 Å². The quantitative estimate of drug-likeness (QED) is 0.412. The molecule has 0 unspecified atom stereocenters. The fourth-order valence-corrected chi connectivity index (χ4v) is 4.53. The number of halogens is 1. The highest BCUT2D eigenvalue weighted by Crippen LogP contribution is 2.32. The minimum absolute atomic E-state index is 0.150. The zero-order valence-corrected chi connectivity index (χ0v) is 19.4. The number of anilines is 1. The Labute approximate surface area is 188 Å². The highest BCUT2D eigenvalue weighted by Gasteiger charge is 2.32. The molecule has 0 aliphatic carbocycles. The number of amides is 2. The van der Waals surface area contributed by atoms with Crippen molar-refractivity contribution in [2.45, 2.75) is 26.2 Å². The molecule has 0 spiro atoms. The van der Waals surface area contributed by atoms with Crippen molar-refractivity contribution < 1.29 is 9.59 Å². The molecule has 1 N–H and O–H groups in total. The summed E-state index contributed by atoms with van der Waals surface area (Å²) in [6.45, 7) is 4.55. The van der Waals surface area contributed by atoms with Gasteiger partial charge in [0, 0.05) is 23.1 Å². The first-order valence-corrected chi connectivity index (χ1v) is 11.3. The van der Waals surface area contributed by atoms with E-state index in [0.717, 1.165) is 10.0 Å². The van der Waals surface area contributed by atoms with Crippen LogP contribution in [0.3, 0.4) is 0 Å². The van der Waals surface area contributed by atoms with Crippen molar-refractivity contribution >= 4 is 67.8 Å². The lowest BCUT2D eigenvalue weighted by Gasteiger charge is -2.14. The van der Waals surface area contributed by atoms with Gasteiger partial charge in [0.1, 0.15) is 4.32 Å². The van der Waals surface area contributed by atoms with Gasteiger partial charge in [-0.05, 0) is 41.3 Å². The Morgan fingerprint density at radius 2 is 1.97 bits per heavy atom. The highest BCUT2D eigenvalue weighted by atomic mass is 79.9. The first-order valence-electron chi connectivity index (χ1n) is 9.24. The van der Waals surface area contributed by atoms with Crippen LogP contribution in [0.25, 0.3) is 6.08 Å². The fraction of sp³-hybridized carbons (Fsp3) is 0.227. The third-order valence-electron chi connectivity index (χ3n) is 4.45. The van der Waals surface area contributed by atoms with Crippen molar-refractivity contribution in [1.29, 1.82) is 0 Å². The molecule has 2 aromatic carbocycles. The Balaban J connectivity index is 1.60. The summed E-state index contributed by atoms with van der Waals surface area (Å²) in [4.78, 5) is 27.0. The van der Waals surface area contributed by atoms with E-state index >= 15 is 0 Å². The van der Waals surface area contributed by atoms with E-state index in [1.165, 1.54) is 22.2 Å². The van der Waals surface area contributed by atoms with Gasteiger partial charge in [-0.1, -0.05) is 84.1 Å². The number of carbonyl (C=O) groups is 2. The molecule has 150 valence electrons. The SMILES string of the molecule is CC(C)c1ccc(C=C2SC(=S)N(CCC(=O)Nc3cccc(Br)c3)C2=O)cc1. The number of nitrogens with one attached hydrogen (secondary N) is 1. The van der Waals surface area contributed by atoms with Gasteiger partial charge < -0.3 is 5.32 Å². The molecule has 1 saturated heterocycles. The lowest BCUT2D eigenvalue weighted by Crippen LogP contribution is -2.31. The normalized spacial score (nSPS) is 15.4. The van der Waals surface area contributed by atoms with Crippen molar-refractivity contribution in [1.82, 2.24) is 4.90 Å². The molecule has 29 heavy (non-hydrogen) atoms. The van der Waals surface area contributed by atoms with Gasteiger partial charge in [0.2, 0.25) is 5.91 Å². The molecule has 2 aromatic rings. The predicted molar refractivity (Wildman–Crippen MR) is 128 cm³/mol. The summed E-state index contributed by atoms with van der Waals surface area (Å²) in [7, 11) is 0. The molecule has 7 heteroatoms. The smallest absolute Gasteiger partial charge is 0.266 e. The Kier molecular flexibility index (Phi) is 7.27. The average molecular weight is 489 g/mol. The van der Waals surface area contributed by atoms with Gasteiger partial charge >= 0.3 is 0 Å². The van der Waals surface area contributed by atoms with Crippen LogP contribution in [0.5, 0.6) is 0 Å². The average Bonchev–Trinajstić information content (AvgIpc) is 2.93. The maximum absolute atomic E-state index is 12.7. The van der Waals surface area contributed by atoms with E-state index in [4.69, 9.17) is 12.2 Å². The molecule has 1 fully saturated rings. The lowest BCUT2D eigenvalue weighted by molar-refractivity contribution is -0.122. The lowest BCUT2D eigenvalue weighted by atomic mass is 10.0. The Bertz CT molecular complexity index is 971. The zero-order valence-electron chi connectivity index (χ0n) is 16.1. The molecule has 1 aliphatic heterocycles. The largest absolute Gasteiger partial charge is 0.326 e. The van der Waals surface area contributed by atoms with Gasteiger partial charge in [0.25, 0.3) is 5.91 Å². The van der Waals surface area contributed by atoms with Crippen LogP contribution in [0.4, 0.5) is 5.69 Å². The van der Waals surface area contributed by atoms with Crippen LogP contribution in [0, 0.1) is 0 Å². The number of benzene rings is 2. The summed E-state index contributed by atoms with van der Waals surface area (Å²) >= 11 is 10.0. The predicted octanol–water partition coefficient (Wildman–Crippen LogP) is 5.80. The summed E-state index contributed by atoms with van der Waals surface area (Å²) in [5.74, 6) is 0.152. The fourth-order valence-electron chi connectivity index (χ4n) is 2.82. The van der Waals surface area contributed by atoms with Gasteiger partial charge in [0.15, 0.2) is 0 Å². The van der Waals surface area contributed by atoms with Crippen molar-refractivity contribution in [2.24, 2.45) is 0 Å². The number of carbonyl (C=O) groups excluding carboxylic acids is 2. The zero-order chi connectivity index (χ0) is 21.0. The third-order valence-corrected chi connectivity index (χ3v) is 6.32. The highest BCUT2D eigenvalue weighted by molar-refractivity contribution is 9.10. The van der Waals surface area contributed by atoms with Crippen LogP contribution < -0.4 is 5.32 Å². The molecule has 1 aliphatic rings. The molecule has 3 rings (SSSR count). The number of nitrogens with zero attached hydrogens (tertiary/aromatic N) is 1. The van der Waals surface area contributed by atoms with Crippen molar-refractivity contribution in [3.05, 3.63) is 69.0 Å². The molecule has 0 atom stereocenters. The second-order valence-electron chi connectivity index (χ2n) is 6.96. The molecule has 0 aromatic heterocycles. The first kappa shape index (κ1) is 21.7. The molecule has 4 nitrogen and oxygen atoms in total. The van der Waals surface area contributed by atoms with Crippen LogP contribution in [0.1, 0.15) is 37.3 Å². The van der Waals surface area contributed by atoms with Crippen LogP contribution in [-0.2, 0) is 9.59 Å². The first-order chi connectivity index (χ1) is 13.8. The number of rotatable bonds is 6. The van der Waals surface area contributed by atoms with Crippen molar-refractivity contribution in [3.8, 4) is 0 Å². The maximum atomic E-state index is 12.7. The van der Waals surface area contributed by atoms with Crippen molar-refractivity contribution in [2.75, 3.05) is 11.9 Å². The van der Waals surface area contributed by atoms with E-state index < -0.39 is 0 Å². The minimum atomic E-state index is -0.162. The molecule has 0 saturated carbocycles. The second-order valence-corrected chi connectivity index (χ2v) is 9.55. The van der Waals surface area contributed by atoms with Gasteiger partial charge in [-0.25, -0.2) is 0 Å². The van der Waals surface area contributed by atoms with E-state index in [9.17, 15) is 9.59 Å². The molecular weight excluding hydrogens is 468 g/mol. The topological polar surface area (TPSA) is 49.4 Å². The summed E-state index contributed by atoms with van der Waals surface area (Å²) in [5.41, 5.74) is 2.92. The van der Waals surface area contributed by atoms with Gasteiger partial charge in [0.05, 0.1) is 4.91 Å². The van der Waals surface area contributed by atoms with Crippen LogP contribution in [0.15, 0.2) is 57.9 Å². The summed E-state index contributed by atoms with van der Waals surface area (Å²) in [6, 6.07) is 15.5. The molecular formula is C22H21BrN2O2S2. The number of thioether (sulfide) groups is 1. The van der Waals surface area contributed by atoms with Gasteiger partial charge in [-0.3, -0.25) is 14.5 Å². The van der Waals surface area contributed by atoms with Crippen LogP contribution >= 0.6 is 39.9 Å². The van der Waals surface area contributed by atoms with Crippen LogP contribution in [0.2, 0.25) is 0 Å². The Morgan fingerprint density at radius 3 is 2.62 bits per heavy atom. The Morgan fingerprint density at radius 1 is 1.24 bits per heavy atom. The molecule has 2 amide bonds. The Hall–Kier alpha value is -1.96. The number of thiocarbonyl (C=S) groups is 1. The van der Waals surface area contributed by atoms with E-state index in [2.05, 4.69) is 47.2 Å².